The normalized spacial score (nSPS) is 18.8. The fraction of sp³-hybridized carbons (Fsp3) is 0.536. The van der Waals surface area contributed by atoms with Gasteiger partial charge in [0.1, 0.15) is 5.82 Å². The summed E-state index contributed by atoms with van der Waals surface area (Å²) < 4.78 is 14.6. The number of piperidine rings is 1. The Bertz CT molecular complexity index is 896. The van der Waals surface area contributed by atoms with Crippen molar-refractivity contribution in [3.05, 3.63) is 70.2 Å². The highest BCUT2D eigenvalue weighted by Crippen LogP contribution is 2.40. The maximum absolute atomic E-state index is 14.6. The van der Waals surface area contributed by atoms with Crippen LogP contribution in [0.15, 0.2) is 58.2 Å². The number of likely N-dealkylation sites (tertiary alicyclic amines) is 1. The van der Waals surface area contributed by atoms with Gasteiger partial charge in [0, 0.05) is 17.1 Å². The second-order valence-electron chi connectivity index (χ2n) is 9.95. The largest absolute Gasteiger partial charge is 0.388 e. The van der Waals surface area contributed by atoms with Crippen molar-refractivity contribution in [1.82, 2.24) is 10.2 Å². The Morgan fingerprint density at radius 2 is 1.97 bits per heavy atom. The van der Waals surface area contributed by atoms with Crippen molar-refractivity contribution < 1.29 is 4.39 Å². The Labute approximate surface area is 205 Å². The van der Waals surface area contributed by atoms with E-state index in [0.29, 0.717) is 5.41 Å². The molecule has 2 heterocycles. The van der Waals surface area contributed by atoms with Crippen molar-refractivity contribution in [2.75, 3.05) is 26.2 Å². The molecule has 0 aliphatic carbocycles. The van der Waals surface area contributed by atoms with Crippen LogP contribution in [0.2, 0.25) is 0 Å². The first kappa shape index (κ1) is 25.8. The third-order valence-electron chi connectivity index (χ3n) is 7.22. The number of thiol groups is 1. The van der Waals surface area contributed by atoms with Crippen molar-refractivity contribution in [3.63, 3.8) is 0 Å². The number of aliphatic imine (C=N–C) groups is 1. The van der Waals surface area contributed by atoms with Gasteiger partial charge in [-0.2, -0.15) is 0 Å². The third kappa shape index (κ3) is 7.31. The molecule has 0 atom stereocenters. The number of rotatable bonds is 11. The lowest BCUT2D eigenvalue weighted by atomic mass is 9.77. The van der Waals surface area contributed by atoms with Gasteiger partial charge in [0.15, 0.2) is 0 Å². The Kier molecular flexibility index (Phi) is 9.39. The lowest BCUT2D eigenvalue weighted by Crippen LogP contribution is -2.41. The quantitative estimate of drug-likeness (QED) is 0.168. The van der Waals surface area contributed by atoms with Crippen molar-refractivity contribution in [2.45, 2.75) is 64.7 Å². The molecule has 0 aromatic heterocycles. The van der Waals surface area contributed by atoms with Crippen molar-refractivity contribution in [3.8, 4) is 0 Å². The van der Waals surface area contributed by atoms with E-state index in [0.717, 1.165) is 85.3 Å². The first-order valence-electron chi connectivity index (χ1n) is 12.3. The number of nitrogens with one attached hydrogen (secondary N) is 1. The summed E-state index contributed by atoms with van der Waals surface area (Å²) in [5, 5.41) is 3.44. The number of allylic oxidation sites excluding steroid dienone is 3. The van der Waals surface area contributed by atoms with E-state index >= 15 is 0 Å². The van der Waals surface area contributed by atoms with Gasteiger partial charge in [-0.1, -0.05) is 25.3 Å². The minimum Gasteiger partial charge on any atom is -0.388 e. The van der Waals surface area contributed by atoms with Crippen LogP contribution in [-0.4, -0.2) is 37.8 Å². The van der Waals surface area contributed by atoms with E-state index in [-0.39, 0.29) is 5.82 Å². The Balaban J connectivity index is 1.37. The van der Waals surface area contributed by atoms with Crippen LogP contribution in [0.5, 0.6) is 0 Å². The number of nitrogens with zero attached hydrogens (tertiary/aromatic N) is 2. The summed E-state index contributed by atoms with van der Waals surface area (Å²) in [6.45, 7) is 18.0. The van der Waals surface area contributed by atoms with E-state index in [4.69, 9.17) is 0 Å². The summed E-state index contributed by atoms with van der Waals surface area (Å²) in [5.74, 6) is -0.0709. The Morgan fingerprint density at radius 1 is 1.21 bits per heavy atom. The zero-order valence-electron chi connectivity index (χ0n) is 20.3. The highest BCUT2D eigenvalue weighted by molar-refractivity contribution is 7.84. The fourth-order valence-corrected chi connectivity index (χ4v) is 5.57. The van der Waals surface area contributed by atoms with Crippen LogP contribution in [0, 0.1) is 11.2 Å². The molecule has 3 nitrogen and oxygen atoms in total. The van der Waals surface area contributed by atoms with Gasteiger partial charge in [-0.05, 0) is 119 Å². The van der Waals surface area contributed by atoms with Gasteiger partial charge < -0.3 is 10.2 Å². The van der Waals surface area contributed by atoms with Crippen LogP contribution in [0.4, 0.5) is 4.39 Å². The van der Waals surface area contributed by atoms with Gasteiger partial charge in [0.05, 0.1) is 5.70 Å². The van der Waals surface area contributed by atoms with Gasteiger partial charge in [0.2, 0.25) is 0 Å². The number of unbranched alkanes of at least 4 members (excludes halogenated alkanes) is 1. The molecule has 1 N–H and O–H groups in total. The van der Waals surface area contributed by atoms with Gasteiger partial charge in [0.25, 0.3) is 0 Å². The SMILES string of the molecule is C=N/C(C(=C)C)=C(\S)CCCCc1ccc(CCCN2CCC3(CC2)CNC(=C)C3)cc1F. The smallest absolute Gasteiger partial charge is 0.126 e. The van der Waals surface area contributed by atoms with Gasteiger partial charge in [-0.3, -0.25) is 4.99 Å². The molecule has 33 heavy (non-hydrogen) atoms. The minimum atomic E-state index is -0.0709. The third-order valence-corrected chi connectivity index (χ3v) is 7.66. The molecular weight excluding hydrogens is 429 g/mol. The topological polar surface area (TPSA) is 27.6 Å². The highest BCUT2D eigenvalue weighted by atomic mass is 32.1. The molecule has 0 radical (unpaired) electrons. The number of hydrogen-bond acceptors (Lipinski definition) is 4. The standard InChI is InChI=1S/C28H40FN3S/c1-21(2)27(30-4)26(33)10-6-5-9-24-12-11-23(18-25(24)29)8-7-15-32-16-13-28(14-17-32)19-22(3)31-20-28/h11-12,18,31,33H,1,3-10,13-17,19-20H2,2H3/b27-26-. The number of hydrogen-bond donors (Lipinski definition) is 2. The van der Waals surface area contributed by atoms with Crippen LogP contribution in [0.25, 0.3) is 0 Å². The van der Waals surface area contributed by atoms with E-state index in [1.54, 1.807) is 6.07 Å². The number of halogens is 1. The van der Waals surface area contributed by atoms with Crippen LogP contribution in [-0.2, 0) is 12.8 Å². The van der Waals surface area contributed by atoms with Crippen LogP contribution in [0.3, 0.4) is 0 Å². The van der Waals surface area contributed by atoms with Gasteiger partial charge in [-0.15, -0.1) is 12.6 Å². The second kappa shape index (κ2) is 12.0. The molecule has 5 heteroatoms. The first-order chi connectivity index (χ1) is 15.8. The summed E-state index contributed by atoms with van der Waals surface area (Å²) in [6, 6.07) is 5.81. The molecule has 0 bridgehead atoms. The van der Waals surface area contributed by atoms with E-state index in [1.165, 1.54) is 31.6 Å². The van der Waals surface area contributed by atoms with Crippen molar-refractivity contribution >= 4 is 19.3 Å². The van der Waals surface area contributed by atoms with E-state index < -0.39 is 0 Å². The molecule has 2 aliphatic rings. The van der Waals surface area contributed by atoms with E-state index in [9.17, 15) is 4.39 Å². The van der Waals surface area contributed by atoms with Gasteiger partial charge in [-0.25, -0.2) is 4.39 Å². The summed E-state index contributed by atoms with van der Waals surface area (Å²) >= 11 is 4.54. The predicted molar refractivity (Wildman–Crippen MR) is 143 cm³/mol. The molecule has 1 spiro atoms. The molecule has 3 rings (SSSR count). The van der Waals surface area contributed by atoms with E-state index in [1.807, 2.05) is 13.0 Å². The molecule has 2 aliphatic heterocycles. The highest BCUT2D eigenvalue weighted by Gasteiger charge is 2.38. The zero-order chi connectivity index (χ0) is 23.8. The molecule has 1 aromatic rings. The molecule has 1 aromatic carbocycles. The molecule has 0 unspecified atom stereocenters. The first-order valence-corrected chi connectivity index (χ1v) is 12.7. The molecule has 0 saturated carbocycles. The zero-order valence-corrected chi connectivity index (χ0v) is 21.2. The van der Waals surface area contributed by atoms with Crippen molar-refractivity contribution in [1.29, 1.82) is 0 Å². The molecule has 0 amide bonds. The maximum Gasteiger partial charge on any atom is 0.126 e. The van der Waals surface area contributed by atoms with Crippen LogP contribution in [0.1, 0.15) is 63.0 Å². The summed E-state index contributed by atoms with van der Waals surface area (Å²) in [6.07, 6.45) is 9.07. The average molecular weight is 470 g/mol. The van der Waals surface area contributed by atoms with Crippen molar-refractivity contribution in [2.24, 2.45) is 10.4 Å². The Hall–Kier alpha value is -1.85. The maximum atomic E-state index is 14.6. The van der Waals surface area contributed by atoms with Crippen LogP contribution < -0.4 is 5.32 Å². The predicted octanol–water partition coefficient (Wildman–Crippen LogP) is 6.48. The summed E-state index contributed by atoms with van der Waals surface area (Å²) in [5.41, 5.74) is 5.21. The fourth-order valence-electron chi connectivity index (χ4n) is 5.15. The molecular formula is C28H40FN3S. The summed E-state index contributed by atoms with van der Waals surface area (Å²) in [4.78, 5) is 7.48. The second-order valence-corrected chi connectivity index (χ2v) is 10.5. The Morgan fingerprint density at radius 3 is 2.58 bits per heavy atom. The lowest BCUT2D eigenvalue weighted by Gasteiger charge is -2.38. The average Bonchev–Trinajstić information content (AvgIpc) is 3.14. The van der Waals surface area contributed by atoms with Gasteiger partial charge >= 0.3 is 0 Å². The number of aryl methyl sites for hydroxylation is 2. The minimum absolute atomic E-state index is 0.0709. The monoisotopic (exact) mass is 469 g/mol. The van der Waals surface area contributed by atoms with Crippen LogP contribution >= 0.6 is 12.6 Å². The summed E-state index contributed by atoms with van der Waals surface area (Å²) in [7, 11) is 0. The van der Waals surface area contributed by atoms with E-state index in [2.05, 4.69) is 53.8 Å². The number of benzene rings is 1. The lowest BCUT2D eigenvalue weighted by molar-refractivity contribution is 0.119. The molecule has 180 valence electrons. The molecule has 2 saturated heterocycles. The molecule has 2 fully saturated rings.